The van der Waals surface area contributed by atoms with Crippen LogP contribution in [-0.4, -0.2) is 12.0 Å². The molecule has 0 atom stereocenters. The third-order valence-electron chi connectivity index (χ3n) is 2.49. The Morgan fingerprint density at radius 1 is 1.26 bits per heavy atom. The van der Waals surface area contributed by atoms with Crippen LogP contribution in [0.3, 0.4) is 0 Å². The van der Waals surface area contributed by atoms with Crippen molar-refractivity contribution in [3.05, 3.63) is 52.2 Å². The van der Waals surface area contributed by atoms with Gasteiger partial charge >= 0.3 is 0 Å². The van der Waals surface area contributed by atoms with E-state index in [0.29, 0.717) is 6.54 Å². The van der Waals surface area contributed by atoms with Crippen molar-refractivity contribution in [2.45, 2.75) is 26.5 Å². The van der Waals surface area contributed by atoms with E-state index in [1.165, 1.54) is 11.3 Å². The van der Waals surface area contributed by atoms with Crippen LogP contribution in [0.5, 0.6) is 5.75 Å². The molecule has 100 valence electrons. The minimum atomic E-state index is -0.0301. The molecule has 0 spiro atoms. The molecule has 0 aliphatic heterocycles. The molecule has 2 rings (SSSR count). The number of ether oxygens (including phenoxy) is 1. The van der Waals surface area contributed by atoms with Gasteiger partial charge in [-0.3, -0.25) is 4.79 Å². The fourth-order valence-corrected chi connectivity index (χ4v) is 2.28. The van der Waals surface area contributed by atoms with Crippen molar-refractivity contribution < 1.29 is 9.53 Å². The van der Waals surface area contributed by atoms with Gasteiger partial charge in [0.15, 0.2) is 0 Å². The van der Waals surface area contributed by atoms with Gasteiger partial charge in [0.2, 0.25) is 0 Å². The predicted octanol–water partition coefficient (Wildman–Crippen LogP) is 3.47. The summed E-state index contributed by atoms with van der Waals surface area (Å²) in [5.74, 6) is 0.820. The lowest BCUT2D eigenvalue weighted by atomic mass is 10.2. The minimum Gasteiger partial charge on any atom is -0.491 e. The van der Waals surface area contributed by atoms with Gasteiger partial charge in [-0.25, -0.2) is 0 Å². The third kappa shape index (κ3) is 4.10. The van der Waals surface area contributed by atoms with Crippen molar-refractivity contribution in [2.24, 2.45) is 0 Å². The van der Waals surface area contributed by atoms with Crippen LogP contribution in [0.25, 0.3) is 0 Å². The van der Waals surface area contributed by atoms with E-state index in [9.17, 15) is 4.79 Å². The molecule has 19 heavy (non-hydrogen) atoms. The van der Waals surface area contributed by atoms with Crippen molar-refractivity contribution in [3.8, 4) is 5.75 Å². The number of thiophene rings is 1. The van der Waals surface area contributed by atoms with Gasteiger partial charge in [-0.1, -0.05) is 18.2 Å². The van der Waals surface area contributed by atoms with E-state index < -0.39 is 0 Å². The molecule has 1 aromatic heterocycles. The van der Waals surface area contributed by atoms with Crippen molar-refractivity contribution in [1.29, 1.82) is 0 Å². The zero-order valence-corrected chi connectivity index (χ0v) is 11.9. The standard InChI is InChI=1S/C15H17NO2S/c1-11(2)18-13-7-5-12(6-8-13)10-16-15(17)14-4-3-9-19-14/h3-9,11H,10H2,1-2H3,(H,16,17). The lowest BCUT2D eigenvalue weighted by molar-refractivity contribution is 0.0955. The monoisotopic (exact) mass is 275 g/mol. The highest BCUT2D eigenvalue weighted by molar-refractivity contribution is 7.12. The Bertz CT molecular complexity index is 518. The van der Waals surface area contributed by atoms with Gasteiger partial charge in [0, 0.05) is 6.54 Å². The SMILES string of the molecule is CC(C)Oc1ccc(CNC(=O)c2cccs2)cc1. The van der Waals surface area contributed by atoms with Crippen LogP contribution in [0.15, 0.2) is 41.8 Å². The van der Waals surface area contributed by atoms with Gasteiger partial charge in [-0.2, -0.15) is 0 Å². The van der Waals surface area contributed by atoms with Crippen LogP contribution in [0.4, 0.5) is 0 Å². The predicted molar refractivity (Wildman–Crippen MR) is 77.7 cm³/mol. The molecular weight excluding hydrogens is 258 g/mol. The van der Waals surface area contributed by atoms with E-state index in [4.69, 9.17) is 4.74 Å². The quantitative estimate of drug-likeness (QED) is 0.907. The normalized spacial score (nSPS) is 10.5. The van der Waals surface area contributed by atoms with Crippen LogP contribution in [0.1, 0.15) is 29.1 Å². The van der Waals surface area contributed by atoms with Gasteiger partial charge in [0.05, 0.1) is 11.0 Å². The number of carbonyl (C=O) groups excluding carboxylic acids is 1. The third-order valence-corrected chi connectivity index (χ3v) is 3.36. The molecule has 2 aromatic rings. The molecule has 4 heteroatoms. The number of benzene rings is 1. The van der Waals surface area contributed by atoms with Crippen LogP contribution in [0, 0.1) is 0 Å². The molecule has 0 unspecified atom stereocenters. The molecule has 1 heterocycles. The highest BCUT2D eigenvalue weighted by atomic mass is 32.1. The lowest BCUT2D eigenvalue weighted by Gasteiger charge is -2.10. The molecule has 0 bridgehead atoms. The molecule has 0 aliphatic rings. The van der Waals surface area contributed by atoms with E-state index >= 15 is 0 Å². The van der Waals surface area contributed by atoms with E-state index in [2.05, 4.69) is 5.32 Å². The molecule has 1 N–H and O–H groups in total. The van der Waals surface area contributed by atoms with Crippen LogP contribution >= 0.6 is 11.3 Å². The maximum Gasteiger partial charge on any atom is 0.261 e. The van der Waals surface area contributed by atoms with Crippen molar-refractivity contribution in [3.63, 3.8) is 0 Å². The smallest absolute Gasteiger partial charge is 0.261 e. The Hall–Kier alpha value is -1.81. The molecule has 0 aliphatic carbocycles. The summed E-state index contributed by atoms with van der Waals surface area (Å²) in [4.78, 5) is 12.5. The average Bonchev–Trinajstić information content (AvgIpc) is 2.91. The highest BCUT2D eigenvalue weighted by Crippen LogP contribution is 2.14. The van der Waals surface area contributed by atoms with E-state index in [1.54, 1.807) is 0 Å². The first-order chi connectivity index (χ1) is 9.15. The molecule has 1 aromatic carbocycles. The van der Waals surface area contributed by atoms with E-state index in [1.807, 2.05) is 55.6 Å². The Morgan fingerprint density at radius 2 is 2.00 bits per heavy atom. The number of hydrogen-bond donors (Lipinski definition) is 1. The molecule has 1 amide bonds. The van der Waals surface area contributed by atoms with E-state index in [-0.39, 0.29) is 12.0 Å². The second-order valence-electron chi connectivity index (χ2n) is 4.47. The zero-order valence-electron chi connectivity index (χ0n) is 11.1. The summed E-state index contributed by atoms with van der Waals surface area (Å²) < 4.78 is 5.57. The second kappa shape index (κ2) is 6.38. The van der Waals surface area contributed by atoms with E-state index in [0.717, 1.165) is 16.2 Å². The summed E-state index contributed by atoms with van der Waals surface area (Å²) in [5.41, 5.74) is 1.06. The molecule has 0 saturated carbocycles. The fourth-order valence-electron chi connectivity index (χ4n) is 1.64. The van der Waals surface area contributed by atoms with Crippen molar-refractivity contribution >= 4 is 17.2 Å². The summed E-state index contributed by atoms with van der Waals surface area (Å²) in [7, 11) is 0. The summed E-state index contributed by atoms with van der Waals surface area (Å²) in [6, 6.07) is 11.5. The van der Waals surface area contributed by atoms with Crippen LogP contribution < -0.4 is 10.1 Å². The van der Waals surface area contributed by atoms with Gasteiger partial charge in [0.25, 0.3) is 5.91 Å². The zero-order chi connectivity index (χ0) is 13.7. The Morgan fingerprint density at radius 3 is 2.58 bits per heavy atom. The van der Waals surface area contributed by atoms with Gasteiger partial charge in [-0.05, 0) is 43.0 Å². The molecule has 3 nitrogen and oxygen atoms in total. The Balaban J connectivity index is 1.88. The Labute approximate surface area is 117 Å². The summed E-state index contributed by atoms with van der Waals surface area (Å²) >= 11 is 1.44. The number of nitrogens with one attached hydrogen (secondary N) is 1. The first-order valence-electron chi connectivity index (χ1n) is 6.22. The summed E-state index contributed by atoms with van der Waals surface area (Å²) in [5, 5.41) is 4.79. The molecular formula is C15H17NO2S. The lowest BCUT2D eigenvalue weighted by Crippen LogP contribution is -2.21. The van der Waals surface area contributed by atoms with Crippen LogP contribution in [0.2, 0.25) is 0 Å². The van der Waals surface area contributed by atoms with Gasteiger partial charge in [-0.15, -0.1) is 11.3 Å². The largest absolute Gasteiger partial charge is 0.491 e. The summed E-state index contributed by atoms with van der Waals surface area (Å²) in [6.45, 7) is 4.52. The first kappa shape index (κ1) is 13.6. The maximum atomic E-state index is 11.8. The van der Waals surface area contributed by atoms with Crippen LogP contribution in [-0.2, 0) is 6.54 Å². The minimum absolute atomic E-state index is 0.0301. The second-order valence-corrected chi connectivity index (χ2v) is 5.42. The number of rotatable bonds is 5. The fraction of sp³-hybridized carbons (Fsp3) is 0.267. The maximum absolute atomic E-state index is 11.8. The summed E-state index contributed by atoms with van der Waals surface area (Å²) in [6.07, 6.45) is 0.171. The molecule has 0 saturated heterocycles. The molecule has 0 radical (unpaired) electrons. The number of hydrogen-bond acceptors (Lipinski definition) is 3. The van der Waals surface area contributed by atoms with Crippen molar-refractivity contribution in [2.75, 3.05) is 0 Å². The van der Waals surface area contributed by atoms with Gasteiger partial charge in [0.1, 0.15) is 5.75 Å². The van der Waals surface area contributed by atoms with Gasteiger partial charge < -0.3 is 10.1 Å². The van der Waals surface area contributed by atoms with Crippen molar-refractivity contribution in [1.82, 2.24) is 5.32 Å². The highest BCUT2D eigenvalue weighted by Gasteiger charge is 2.05. The molecule has 0 fully saturated rings. The first-order valence-corrected chi connectivity index (χ1v) is 7.10. The Kier molecular flexibility index (Phi) is 4.58. The average molecular weight is 275 g/mol. The number of carbonyl (C=O) groups is 1. The topological polar surface area (TPSA) is 38.3 Å². The number of amides is 1.